The molecule has 2 nitrogen and oxygen atoms in total. The zero-order valence-electron chi connectivity index (χ0n) is 19.8. The van der Waals surface area contributed by atoms with E-state index >= 15 is 0 Å². The summed E-state index contributed by atoms with van der Waals surface area (Å²) in [5.41, 5.74) is 5.01. The Morgan fingerprint density at radius 1 is 0.812 bits per heavy atom. The Morgan fingerprint density at radius 3 is 2.34 bits per heavy atom. The average molecular weight is 518 g/mol. The van der Waals surface area contributed by atoms with Crippen LogP contribution in [0.3, 0.4) is 0 Å². The van der Waals surface area contributed by atoms with E-state index in [1.807, 2.05) is 0 Å². The van der Waals surface area contributed by atoms with E-state index in [-0.39, 0.29) is 14.5 Å². The van der Waals surface area contributed by atoms with E-state index in [1.54, 1.807) is 6.33 Å². The summed E-state index contributed by atoms with van der Waals surface area (Å²) in [5, 5.41) is 5.54. The van der Waals surface area contributed by atoms with Crippen molar-refractivity contribution >= 4 is 66.0 Å². The third-order valence-electron chi connectivity index (χ3n) is 5.99. The van der Waals surface area contributed by atoms with Gasteiger partial charge in [-0.25, -0.2) is 0 Å². The second kappa shape index (κ2) is 7.77. The second-order valence-electron chi connectivity index (χ2n) is 11.1. The summed E-state index contributed by atoms with van der Waals surface area (Å²) < 4.78 is 2.81. The molecule has 0 spiro atoms. The van der Waals surface area contributed by atoms with Crippen molar-refractivity contribution in [2.45, 2.75) is 45.3 Å². The van der Waals surface area contributed by atoms with Crippen molar-refractivity contribution in [2.24, 2.45) is 0 Å². The minimum atomic E-state index is -1.52. The average Bonchev–Trinajstić information content (AvgIpc) is 3.08. The Kier molecular flexibility index (Phi) is 5.29. The van der Waals surface area contributed by atoms with E-state index in [1.165, 1.54) is 47.0 Å². The third-order valence-corrected chi connectivity index (χ3v) is 11.9. The van der Waals surface area contributed by atoms with Crippen molar-refractivity contribution < 1.29 is 0 Å². The molecule has 2 aromatic heterocycles. The fourth-order valence-corrected chi connectivity index (χ4v) is 10.3. The van der Waals surface area contributed by atoms with Gasteiger partial charge in [-0.3, -0.25) is 0 Å². The Bertz CT molecular complexity index is 1470. The third kappa shape index (κ3) is 4.03. The van der Waals surface area contributed by atoms with Crippen molar-refractivity contribution in [3.05, 3.63) is 66.5 Å². The summed E-state index contributed by atoms with van der Waals surface area (Å²) in [7, 11) is -2.66. The van der Waals surface area contributed by atoms with Gasteiger partial charge in [0.25, 0.3) is 0 Å². The topological polar surface area (TPSA) is 25.8 Å². The molecule has 5 rings (SSSR count). The first kappa shape index (κ1) is 21.8. The van der Waals surface area contributed by atoms with Gasteiger partial charge in [0.1, 0.15) is 0 Å². The summed E-state index contributed by atoms with van der Waals surface area (Å²) in [6.45, 7) is 14.6. The van der Waals surface area contributed by atoms with Gasteiger partial charge >= 0.3 is 199 Å². The standard InChI is InChI=1S/C27H30N2SeSi2/c1-31(2,3)16-18-11-12-22-23(13-18)30-27-25(28-17-29-26(22)27)20-14-19-9-7-8-10-21(19)24(15-20)32(4,5)6/h7-15,17H,16H2,1-6H3. The van der Waals surface area contributed by atoms with Crippen molar-refractivity contribution in [1.82, 2.24) is 9.97 Å². The fraction of sp³-hybridized carbons (Fsp3) is 0.259. The fourth-order valence-electron chi connectivity index (χ4n) is 4.61. The van der Waals surface area contributed by atoms with Gasteiger partial charge in [0.05, 0.1) is 0 Å². The van der Waals surface area contributed by atoms with E-state index < -0.39 is 16.1 Å². The number of aromatic nitrogens is 2. The molecule has 0 unspecified atom stereocenters. The summed E-state index contributed by atoms with van der Waals surface area (Å²) in [6.07, 6.45) is 1.76. The molecule has 0 aliphatic rings. The van der Waals surface area contributed by atoms with Gasteiger partial charge in [0.2, 0.25) is 0 Å². The molecule has 0 N–H and O–H groups in total. The zero-order chi connectivity index (χ0) is 22.7. The summed E-state index contributed by atoms with van der Waals surface area (Å²) in [5.74, 6) is 0. The van der Waals surface area contributed by atoms with Gasteiger partial charge in [-0.15, -0.1) is 0 Å². The number of benzene rings is 3. The van der Waals surface area contributed by atoms with Crippen molar-refractivity contribution in [2.75, 3.05) is 0 Å². The first-order valence-corrected chi connectivity index (χ1v) is 20.2. The molecule has 0 fully saturated rings. The molecular weight excluding hydrogens is 487 g/mol. The normalized spacial score (nSPS) is 12.8. The monoisotopic (exact) mass is 518 g/mol. The number of rotatable bonds is 4. The molecule has 0 aliphatic carbocycles. The van der Waals surface area contributed by atoms with Gasteiger partial charge in [0, 0.05) is 0 Å². The van der Waals surface area contributed by atoms with E-state index in [9.17, 15) is 0 Å². The van der Waals surface area contributed by atoms with Crippen molar-refractivity contribution in [3.8, 4) is 11.3 Å². The SMILES string of the molecule is C[Si](C)(C)Cc1ccc2c(c1)[se]c1c(-c3cc([Si](C)(C)C)c4ccccc4c3)ncnc12. The molecule has 0 aliphatic heterocycles. The minimum absolute atomic E-state index is 0.238. The first-order chi connectivity index (χ1) is 15.1. The van der Waals surface area contributed by atoms with Crippen LogP contribution in [0.1, 0.15) is 5.56 Å². The van der Waals surface area contributed by atoms with Crippen LogP contribution >= 0.6 is 0 Å². The van der Waals surface area contributed by atoms with Gasteiger partial charge in [0.15, 0.2) is 0 Å². The van der Waals surface area contributed by atoms with Crippen LogP contribution in [0.25, 0.3) is 41.5 Å². The summed E-state index contributed by atoms with van der Waals surface area (Å²) in [6, 6.07) is 21.9. The van der Waals surface area contributed by atoms with E-state index in [0.29, 0.717) is 0 Å². The van der Waals surface area contributed by atoms with Gasteiger partial charge in [-0.2, -0.15) is 0 Å². The molecule has 2 heterocycles. The van der Waals surface area contributed by atoms with E-state index in [4.69, 9.17) is 9.97 Å². The Balaban J connectivity index is 1.74. The second-order valence-corrected chi connectivity index (χ2v) is 23.8. The van der Waals surface area contributed by atoms with Crippen molar-refractivity contribution in [1.29, 1.82) is 0 Å². The molecular formula is C27H30N2SeSi2. The molecule has 0 radical (unpaired) electrons. The molecule has 32 heavy (non-hydrogen) atoms. The van der Waals surface area contributed by atoms with E-state index in [2.05, 4.69) is 93.9 Å². The van der Waals surface area contributed by atoms with Gasteiger partial charge in [-0.1, -0.05) is 0 Å². The molecule has 3 aromatic carbocycles. The summed E-state index contributed by atoms with van der Waals surface area (Å²) in [4.78, 5) is 9.59. The Labute approximate surface area is 198 Å². The molecule has 0 atom stereocenters. The van der Waals surface area contributed by atoms with Crippen LogP contribution in [0, 0.1) is 0 Å². The predicted molar refractivity (Wildman–Crippen MR) is 147 cm³/mol. The maximum atomic E-state index is 4.84. The van der Waals surface area contributed by atoms with Crippen LogP contribution in [0.4, 0.5) is 0 Å². The molecule has 0 saturated carbocycles. The van der Waals surface area contributed by atoms with Crippen LogP contribution in [0.2, 0.25) is 39.3 Å². The molecule has 5 heteroatoms. The predicted octanol–water partition coefficient (Wildman–Crippen LogP) is 6.63. The van der Waals surface area contributed by atoms with Crippen LogP contribution in [0.5, 0.6) is 0 Å². The molecule has 162 valence electrons. The number of hydrogen-bond donors (Lipinski definition) is 0. The van der Waals surface area contributed by atoms with Crippen LogP contribution < -0.4 is 5.19 Å². The van der Waals surface area contributed by atoms with Gasteiger partial charge in [-0.05, 0) is 0 Å². The Morgan fingerprint density at radius 2 is 1.59 bits per heavy atom. The molecule has 0 bridgehead atoms. The Hall–Kier alpha value is -2.05. The summed E-state index contributed by atoms with van der Waals surface area (Å²) >= 11 is 0.238. The molecule has 5 aromatic rings. The van der Waals surface area contributed by atoms with Crippen LogP contribution in [-0.2, 0) is 6.04 Å². The van der Waals surface area contributed by atoms with Crippen LogP contribution in [-0.4, -0.2) is 40.6 Å². The number of nitrogens with zero attached hydrogens (tertiary/aromatic N) is 2. The molecule has 0 saturated heterocycles. The van der Waals surface area contributed by atoms with Crippen LogP contribution in [0.15, 0.2) is 60.9 Å². The number of hydrogen-bond acceptors (Lipinski definition) is 2. The maximum absolute atomic E-state index is 4.84. The molecule has 0 amide bonds. The first-order valence-electron chi connectivity index (χ1n) is 11.3. The van der Waals surface area contributed by atoms with Gasteiger partial charge < -0.3 is 0 Å². The van der Waals surface area contributed by atoms with E-state index in [0.717, 1.165) is 11.2 Å². The quantitative estimate of drug-likeness (QED) is 0.250. The zero-order valence-corrected chi connectivity index (χ0v) is 23.5. The number of fused-ring (bicyclic) bond motifs is 4. The van der Waals surface area contributed by atoms with Crippen molar-refractivity contribution in [3.63, 3.8) is 0 Å².